The van der Waals surface area contributed by atoms with Gasteiger partial charge < -0.3 is 15.2 Å². The number of hydrogen-bond donors (Lipinski definition) is 1. The predicted octanol–water partition coefficient (Wildman–Crippen LogP) is 4.41. The maximum Gasteiger partial charge on any atom is 0.169 e. The van der Waals surface area contributed by atoms with E-state index in [1.165, 1.54) is 0 Å². The second-order valence-electron chi connectivity index (χ2n) is 4.69. The number of ether oxygens (including phenoxy) is 2. The molecule has 1 heterocycles. The fourth-order valence-corrected chi connectivity index (χ4v) is 2.92. The van der Waals surface area contributed by atoms with E-state index in [1.807, 2.05) is 6.07 Å². The maximum absolute atomic E-state index is 6.28. The average molecular weight is 345 g/mol. The first-order valence-electron chi connectivity index (χ1n) is 6.37. The number of rotatable bonds is 2. The maximum atomic E-state index is 6.28. The van der Waals surface area contributed by atoms with E-state index in [0.29, 0.717) is 39.7 Å². The first-order valence-corrected chi connectivity index (χ1v) is 7.50. The SMILES string of the molecule is NC[C@H]1COc2cc(Cl)cc(-c3ccc(Cl)cc3Cl)c2O1. The van der Waals surface area contributed by atoms with Crippen LogP contribution in [0.2, 0.25) is 15.1 Å². The largest absolute Gasteiger partial charge is 0.486 e. The van der Waals surface area contributed by atoms with Gasteiger partial charge in [-0.1, -0.05) is 40.9 Å². The minimum absolute atomic E-state index is 0.191. The third-order valence-corrected chi connectivity index (χ3v) is 3.98. The molecule has 3 rings (SSSR count). The molecule has 2 aromatic carbocycles. The van der Waals surface area contributed by atoms with Crippen LogP contribution < -0.4 is 15.2 Å². The molecule has 3 nitrogen and oxygen atoms in total. The lowest BCUT2D eigenvalue weighted by molar-refractivity contribution is 0.0976. The third kappa shape index (κ3) is 2.92. The van der Waals surface area contributed by atoms with Crippen LogP contribution in [-0.4, -0.2) is 19.3 Å². The molecule has 0 saturated carbocycles. The fourth-order valence-electron chi connectivity index (χ4n) is 2.20. The molecule has 0 bridgehead atoms. The van der Waals surface area contributed by atoms with Crippen molar-refractivity contribution in [1.82, 2.24) is 0 Å². The predicted molar refractivity (Wildman–Crippen MR) is 85.9 cm³/mol. The molecule has 2 N–H and O–H groups in total. The van der Waals surface area contributed by atoms with Crippen molar-refractivity contribution in [3.05, 3.63) is 45.4 Å². The molecule has 0 spiro atoms. The molecule has 0 aromatic heterocycles. The molecule has 0 aliphatic carbocycles. The molecule has 0 amide bonds. The average Bonchev–Trinajstić information content (AvgIpc) is 2.46. The Morgan fingerprint density at radius 1 is 1.05 bits per heavy atom. The van der Waals surface area contributed by atoms with Crippen molar-refractivity contribution in [3.63, 3.8) is 0 Å². The molecule has 21 heavy (non-hydrogen) atoms. The first kappa shape index (κ1) is 14.8. The molecule has 1 aliphatic rings. The number of fused-ring (bicyclic) bond motifs is 1. The van der Waals surface area contributed by atoms with Gasteiger partial charge in [-0.3, -0.25) is 0 Å². The van der Waals surface area contributed by atoms with E-state index in [2.05, 4.69) is 0 Å². The summed E-state index contributed by atoms with van der Waals surface area (Å²) in [5, 5.41) is 1.63. The molecular formula is C15H12Cl3NO2. The first-order chi connectivity index (χ1) is 10.1. The number of hydrogen-bond acceptors (Lipinski definition) is 3. The van der Waals surface area contributed by atoms with Crippen molar-refractivity contribution >= 4 is 34.8 Å². The highest BCUT2D eigenvalue weighted by Crippen LogP contribution is 2.45. The van der Waals surface area contributed by atoms with E-state index in [1.54, 1.807) is 24.3 Å². The van der Waals surface area contributed by atoms with Gasteiger partial charge in [0.2, 0.25) is 0 Å². The van der Waals surface area contributed by atoms with Crippen LogP contribution in [0.1, 0.15) is 0 Å². The summed E-state index contributed by atoms with van der Waals surface area (Å²) in [6.45, 7) is 0.771. The van der Waals surface area contributed by atoms with Crippen LogP contribution in [-0.2, 0) is 0 Å². The van der Waals surface area contributed by atoms with E-state index < -0.39 is 0 Å². The number of halogens is 3. The van der Waals surface area contributed by atoms with E-state index in [4.69, 9.17) is 50.0 Å². The van der Waals surface area contributed by atoms with E-state index in [-0.39, 0.29) is 6.10 Å². The van der Waals surface area contributed by atoms with Gasteiger partial charge in [0.05, 0.1) is 5.02 Å². The molecule has 0 radical (unpaired) electrons. The van der Waals surface area contributed by atoms with Gasteiger partial charge >= 0.3 is 0 Å². The lowest BCUT2D eigenvalue weighted by Gasteiger charge is -2.28. The van der Waals surface area contributed by atoms with Gasteiger partial charge in [-0.2, -0.15) is 0 Å². The Morgan fingerprint density at radius 3 is 2.57 bits per heavy atom. The minimum Gasteiger partial charge on any atom is -0.486 e. The fraction of sp³-hybridized carbons (Fsp3) is 0.200. The van der Waals surface area contributed by atoms with Crippen molar-refractivity contribution in [2.75, 3.05) is 13.2 Å². The molecular weight excluding hydrogens is 333 g/mol. The summed E-state index contributed by atoms with van der Waals surface area (Å²) in [7, 11) is 0. The second-order valence-corrected chi connectivity index (χ2v) is 5.97. The zero-order chi connectivity index (χ0) is 15.0. The van der Waals surface area contributed by atoms with E-state index in [9.17, 15) is 0 Å². The van der Waals surface area contributed by atoms with Gasteiger partial charge in [-0.05, 0) is 18.2 Å². The zero-order valence-electron chi connectivity index (χ0n) is 10.9. The summed E-state index contributed by atoms with van der Waals surface area (Å²) < 4.78 is 11.6. The summed E-state index contributed by atoms with van der Waals surface area (Å²) in [6, 6.07) is 8.77. The smallest absolute Gasteiger partial charge is 0.169 e. The lowest BCUT2D eigenvalue weighted by Crippen LogP contribution is -2.35. The Kier molecular flexibility index (Phi) is 4.18. The molecule has 2 aromatic rings. The highest BCUT2D eigenvalue weighted by Gasteiger charge is 2.25. The quantitative estimate of drug-likeness (QED) is 0.877. The van der Waals surface area contributed by atoms with Crippen LogP contribution in [0.25, 0.3) is 11.1 Å². The molecule has 1 aliphatic heterocycles. The van der Waals surface area contributed by atoms with Gasteiger partial charge in [0.25, 0.3) is 0 Å². The third-order valence-electron chi connectivity index (χ3n) is 3.21. The normalized spacial score (nSPS) is 16.9. The van der Waals surface area contributed by atoms with E-state index >= 15 is 0 Å². The summed E-state index contributed by atoms with van der Waals surface area (Å²) in [5.41, 5.74) is 7.19. The van der Waals surface area contributed by atoms with Crippen LogP contribution in [0, 0.1) is 0 Å². The lowest BCUT2D eigenvalue weighted by atomic mass is 10.0. The number of nitrogens with two attached hydrogens (primary N) is 1. The van der Waals surface area contributed by atoms with E-state index in [0.717, 1.165) is 11.1 Å². The summed E-state index contributed by atoms with van der Waals surface area (Å²) in [4.78, 5) is 0. The Labute approximate surface area is 137 Å². The van der Waals surface area contributed by atoms with Gasteiger partial charge in [-0.25, -0.2) is 0 Å². The van der Waals surface area contributed by atoms with Crippen molar-refractivity contribution in [3.8, 4) is 22.6 Å². The molecule has 0 saturated heterocycles. The van der Waals surface area contributed by atoms with Crippen molar-refractivity contribution in [2.45, 2.75) is 6.10 Å². The van der Waals surface area contributed by atoms with Crippen LogP contribution in [0.4, 0.5) is 0 Å². The van der Waals surface area contributed by atoms with Crippen LogP contribution in [0.5, 0.6) is 11.5 Å². The summed E-state index contributed by atoms with van der Waals surface area (Å²) >= 11 is 18.4. The zero-order valence-corrected chi connectivity index (χ0v) is 13.2. The molecule has 0 fully saturated rings. The van der Waals surface area contributed by atoms with Crippen LogP contribution >= 0.6 is 34.8 Å². The van der Waals surface area contributed by atoms with Gasteiger partial charge in [0, 0.05) is 33.8 Å². The molecule has 6 heteroatoms. The van der Waals surface area contributed by atoms with Gasteiger partial charge in [-0.15, -0.1) is 0 Å². The number of benzene rings is 2. The van der Waals surface area contributed by atoms with Gasteiger partial charge in [0.15, 0.2) is 11.5 Å². The Hall–Kier alpha value is -1.13. The van der Waals surface area contributed by atoms with Crippen LogP contribution in [0.3, 0.4) is 0 Å². The monoisotopic (exact) mass is 343 g/mol. The standard InChI is InChI=1S/C15H12Cl3NO2/c16-8-1-2-11(13(18)4-8)12-3-9(17)5-14-15(12)21-10(6-19)7-20-14/h1-5,10H,6-7,19H2/t10-/m0/s1. The van der Waals surface area contributed by atoms with Crippen molar-refractivity contribution in [1.29, 1.82) is 0 Å². The molecule has 0 unspecified atom stereocenters. The van der Waals surface area contributed by atoms with Gasteiger partial charge in [0.1, 0.15) is 12.7 Å². The highest BCUT2D eigenvalue weighted by molar-refractivity contribution is 6.36. The Bertz CT molecular complexity index is 691. The molecule has 110 valence electrons. The topological polar surface area (TPSA) is 44.5 Å². The molecule has 1 atom stereocenters. The minimum atomic E-state index is -0.191. The van der Waals surface area contributed by atoms with Crippen molar-refractivity contribution < 1.29 is 9.47 Å². The Morgan fingerprint density at radius 2 is 1.86 bits per heavy atom. The Balaban J connectivity index is 2.16. The summed E-state index contributed by atoms with van der Waals surface area (Å²) in [5.74, 6) is 1.19. The summed E-state index contributed by atoms with van der Waals surface area (Å²) in [6.07, 6.45) is -0.191. The second kappa shape index (κ2) is 5.93. The van der Waals surface area contributed by atoms with Crippen LogP contribution in [0.15, 0.2) is 30.3 Å². The highest BCUT2D eigenvalue weighted by atomic mass is 35.5. The van der Waals surface area contributed by atoms with Crippen molar-refractivity contribution in [2.24, 2.45) is 5.73 Å².